The molecule has 1 aliphatic heterocycles. The SMILES string of the molecule is CCCNCc1nnc(OCCN2CCCC2)s1. The molecule has 1 aliphatic rings. The van der Waals surface area contributed by atoms with Gasteiger partial charge in [0.05, 0.1) is 0 Å². The van der Waals surface area contributed by atoms with Gasteiger partial charge in [-0.2, -0.15) is 0 Å². The molecule has 0 unspecified atom stereocenters. The molecule has 6 heteroatoms. The Morgan fingerprint density at radius 3 is 2.94 bits per heavy atom. The van der Waals surface area contributed by atoms with Crippen LogP contribution in [-0.4, -0.2) is 47.9 Å². The first-order valence-electron chi connectivity index (χ1n) is 6.76. The summed E-state index contributed by atoms with van der Waals surface area (Å²) in [7, 11) is 0. The zero-order valence-corrected chi connectivity index (χ0v) is 11.8. The normalized spacial score (nSPS) is 16.3. The third-order valence-electron chi connectivity index (χ3n) is 2.98. The molecule has 1 aromatic rings. The van der Waals surface area contributed by atoms with Gasteiger partial charge >= 0.3 is 0 Å². The van der Waals surface area contributed by atoms with Crippen molar-refractivity contribution in [3.63, 3.8) is 0 Å². The van der Waals surface area contributed by atoms with Crippen molar-refractivity contribution in [1.29, 1.82) is 0 Å². The van der Waals surface area contributed by atoms with Gasteiger partial charge in [-0.25, -0.2) is 0 Å². The average Bonchev–Trinajstić information content (AvgIpc) is 3.01. The third-order valence-corrected chi connectivity index (χ3v) is 3.82. The maximum atomic E-state index is 5.63. The largest absolute Gasteiger partial charge is 0.468 e. The molecule has 1 saturated heterocycles. The van der Waals surface area contributed by atoms with Crippen LogP contribution in [0.5, 0.6) is 5.19 Å². The number of nitrogens with zero attached hydrogens (tertiary/aromatic N) is 3. The highest BCUT2D eigenvalue weighted by Crippen LogP contribution is 2.17. The van der Waals surface area contributed by atoms with Crippen molar-refractivity contribution in [2.24, 2.45) is 0 Å². The van der Waals surface area contributed by atoms with Crippen LogP contribution in [-0.2, 0) is 6.54 Å². The summed E-state index contributed by atoms with van der Waals surface area (Å²) >= 11 is 1.54. The van der Waals surface area contributed by atoms with Crippen LogP contribution in [0, 0.1) is 0 Å². The van der Waals surface area contributed by atoms with E-state index in [1.165, 1.54) is 25.9 Å². The summed E-state index contributed by atoms with van der Waals surface area (Å²) in [5.41, 5.74) is 0. The molecule has 0 aliphatic carbocycles. The number of ether oxygens (including phenoxy) is 1. The van der Waals surface area contributed by atoms with Crippen LogP contribution in [0.3, 0.4) is 0 Å². The molecule has 1 fully saturated rings. The number of hydrogen-bond acceptors (Lipinski definition) is 6. The van der Waals surface area contributed by atoms with Crippen LogP contribution < -0.4 is 10.1 Å². The molecule has 2 heterocycles. The molecule has 0 bridgehead atoms. The Balaban J connectivity index is 1.63. The Labute approximate surface area is 113 Å². The molecule has 0 spiro atoms. The number of hydrogen-bond donors (Lipinski definition) is 1. The van der Waals surface area contributed by atoms with Gasteiger partial charge in [0, 0.05) is 13.1 Å². The van der Waals surface area contributed by atoms with Gasteiger partial charge in [-0.3, -0.25) is 4.90 Å². The second kappa shape index (κ2) is 7.66. The summed E-state index contributed by atoms with van der Waals surface area (Å²) in [4.78, 5) is 2.44. The van der Waals surface area contributed by atoms with Crippen molar-refractivity contribution in [1.82, 2.24) is 20.4 Å². The summed E-state index contributed by atoms with van der Waals surface area (Å²) in [6.45, 7) is 8.11. The van der Waals surface area contributed by atoms with Crippen LogP contribution >= 0.6 is 11.3 Å². The van der Waals surface area contributed by atoms with E-state index in [1.807, 2.05) is 0 Å². The molecule has 0 atom stereocenters. The number of likely N-dealkylation sites (tertiary alicyclic amines) is 1. The minimum absolute atomic E-state index is 0.697. The molecular weight excluding hydrogens is 248 g/mol. The van der Waals surface area contributed by atoms with E-state index in [2.05, 4.69) is 27.3 Å². The summed E-state index contributed by atoms with van der Waals surface area (Å²) in [6.07, 6.45) is 3.79. The number of nitrogens with one attached hydrogen (secondary N) is 1. The molecule has 5 nitrogen and oxygen atoms in total. The quantitative estimate of drug-likeness (QED) is 0.726. The molecule has 1 aromatic heterocycles. The van der Waals surface area contributed by atoms with Crippen LogP contribution in [0.25, 0.3) is 0 Å². The van der Waals surface area contributed by atoms with Gasteiger partial charge in [0.2, 0.25) is 0 Å². The van der Waals surface area contributed by atoms with E-state index < -0.39 is 0 Å². The Kier molecular flexibility index (Phi) is 5.83. The van der Waals surface area contributed by atoms with Crippen molar-refractivity contribution in [2.45, 2.75) is 32.7 Å². The monoisotopic (exact) mass is 270 g/mol. The zero-order valence-electron chi connectivity index (χ0n) is 11.0. The van der Waals surface area contributed by atoms with E-state index in [0.717, 1.165) is 37.7 Å². The smallest absolute Gasteiger partial charge is 0.294 e. The Hall–Kier alpha value is -0.720. The van der Waals surface area contributed by atoms with Gasteiger partial charge < -0.3 is 10.1 Å². The fraction of sp³-hybridized carbons (Fsp3) is 0.833. The third kappa shape index (κ3) is 4.51. The number of rotatable bonds is 8. The second-order valence-corrected chi connectivity index (χ2v) is 5.56. The van der Waals surface area contributed by atoms with E-state index in [9.17, 15) is 0 Å². The molecule has 2 rings (SSSR count). The van der Waals surface area contributed by atoms with Crippen molar-refractivity contribution in [3.8, 4) is 5.19 Å². The van der Waals surface area contributed by atoms with Gasteiger partial charge in [0.1, 0.15) is 11.6 Å². The highest BCUT2D eigenvalue weighted by molar-refractivity contribution is 7.13. The molecule has 0 saturated carbocycles. The Morgan fingerprint density at radius 2 is 2.17 bits per heavy atom. The van der Waals surface area contributed by atoms with Crippen molar-refractivity contribution in [2.75, 3.05) is 32.8 Å². The first kappa shape index (κ1) is 13.7. The number of aromatic nitrogens is 2. The lowest BCUT2D eigenvalue weighted by Gasteiger charge is -2.13. The molecule has 102 valence electrons. The van der Waals surface area contributed by atoms with Gasteiger partial charge in [0.25, 0.3) is 5.19 Å². The molecule has 0 amide bonds. The van der Waals surface area contributed by atoms with Crippen LogP contribution in [0.15, 0.2) is 0 Å². The first-order chi connectivity index (χ1) is 8.88. The summed E-state index contributed by atoms with van der Waals surface area (Å²) in [6, 6.07) is 0. The topological polar surface area (TPSA) is 50.3 Å². The fourth-order valence-corrected chi connectivity index (χ4v) is 2.69. The Morgan fingerprint density at radius 1 is 1.33 bits per heavy atom. The fourth-order valence-electron chi connectivity index (χ4n) is 2.01. The lowest BCUT2D eigenvalue weighted by atomic mass is 10.4. The predicted molar refractivity (Wildman–Crippen MR) is 73.1 cm³/mol. The summed E-state index contributed by atoms with van der Waals surface area (Å²) in [5.74, 6) is 0. The van der Waals surface area contributed by atoms with Gasteiger partial charge in [-0.1, -0.05) is 18.3 Å². The van der Waals surface area contributed by atoms with E-state index >= 15 is 0 Å². The van der Waals surface area contributed by atoms with Gasteiger partial charge in [-0.05, 0) is 38.9 Å². The standard InChI is InChI=1S/C12H22N4OS/c1-2-5-13-10-11-14-15-12(18-11)17-9-8-16-6-3-4-7-16/h13H,2-10H2,1H3. The van der Waals surface area contributed by atoms with Crippen molar-refractivity contribution in [3.05, 3.63) is 5.01 Å². The molecular formula is C12H22N4OS. The summed E-state index contributed by atoms with van der Waals surface area (Å²) in [5, 5.41) is 13.2. The maximum absolute atomic E-state index is 5.63. The van der Waals surface area contributed by atoms with E-state index in [4.69, 9.17) is 4.74 Å². The molecule has 18 heavy (non-hydrogen) atoms. The lowest BCUT2D eigenvalue weighted by Crippen LogP contribution is -2.25. The van der Waals surface area contributed by atoms with Crippen molar-refractivity contribution >= 4 is 11.3 Å². The van der Waals surface area contributed by atoms with Crippen LogP contribution in [0.1, 0.15) is 31.2 Å². The van der Waals surface area contributed by atoms with E-state index in [1.54, 1.807) is 11.3 Å². The minimum atomic E-state index is 0.697. The molecule has 1 N–H and O–H groups in total. The first-order valence-corrected chi connectivity index (χ1v) is 7.58. The minimum Gasteiger partial charge on any atom is -0.468 e. The predicted octanol–water partition coefficient (Wildman–Crippen LogP) is 1.51. The second-order valence-electron chi connectivity index (χ2n) is 4.54. The zero-order chi connectivity index (χ0) is 12.6. The highest BCUT2D eigenvalue weighted by atomic mass is 32.1. The van der Waals surface area contributed by atoms with Gasteiger partial charge in [-0.15, -0.1) is 10.2 Å². The molecule has 0 aromatic carbocycles. The van der Waals surface area contributed by atoms with Crippen LogP contribution in [0.2, 0.25) is 0 Å². The molecule has 0 radical (unpaired) electrons. The van der Waals surface area contributed by atoms with E-state index in [0.29, 0.717) is 5.19 Å². The summed E-state index contributed by atoms with van der Waals surface area (Å²) < 4.78 is 5.63. The van der Waals surface area contributed by atoms with Crippen molar-refractivity contribution < 1.29 is 4.74 Å². The highest BCUT2D eigenvalue weighted by Gasteiger charge is 2.11. The van der Waals surface area contributed by atoms with E-state index in [-0.39, 0.29) is 0 Å². The average molecular weight is 270 g/mol. The van der Waals surface area contributed by atoms with Crippen LogP contribution in [0.4, 0.5) is 0 Å². The lowest BCUT2D eigenvalue weighted by molar-refractivity contribution is 0.236. The van der Waals surface area contributed by atoms with Gasteiger partial charge in [0.15, 0.2) is 0 Å². The maximum Gasteiger partial charge on any atom is 0.294 e. The Bertz CT molecular complexity index is 339.